The average molecular weight is 297 g/mol. The van der Waals surface area contributed by atoms with E-state index in [9.17, 15) is 4.39 Å². The number of hydrogen-bond acceptors (Lipinski definition) is 2. The molecule has 1 aliphatic heterocycles. The van der Waals surface area contributed by atoms with Gasteiger partial charge in [0, 0.05) is 0 Å². The molecular formula is C18H18FN2O+. The quantitative estimate of drug-likeness (QED) is 0.942. The summed E-state index contributed by atoms with van der Waals surface area (Å²) >= 11 is 0. The van der Waals surface area contributed by atoms with E-state index in [0.29, 0.717) is 12.2 Å². The zero-order valence-electron chi connectivity index (χ0n) is 12.3. The fourth-order valence-electron chi connectivity index (χ4n) is 3.14. The fourth-order valence-corrected chi connectivity index (χ4v) is 3.14. The first-order valence-electron chi connectivity index (χ1n) is 7.42. The van der Waals surface area contributed by atoms with E-state index >= 15 is 0 Å². The molecule has 112 valence electrons. The molecule has 0 fully saturated rings. The smallest absolute Gasteiger partial charge is 0.123 e. The predicted molar refractivity (Wildman–Crippen MR) is 80.1 cm³/mol. The van der Waals surface area contributed by atoms with Gasteiger partial charge in [0.05, 0.1) is 24.8 Å². The lowest BCUT2D eigenvalue weighted by atomic mass is 9.81. The van der Waals surface area contributed by atoms with Crippen LogP contribution < -0.4 is 5.73 Å². The van der Waals surface area contributed by atoms with Gasteiger partial charge in [-0.05, 0) is 53.8 Å². The molecule has 0 aliphatic carbocycles. The SMILES string of the molecule is N#Cc1ccc2c(c1)COC2(CCC[NH3+])c1ccc(F)cc1. The van der Waals surface area contributed by atoms with Crippen molar-refractivity contribution in [2.45, 2.75) is 25.0 Å². The van der Waals surface area contributed by atoms with E-state index in [4.69, 9.17) is 10.00 Å². The van der Waals surface area contributed by atoms with Crippen LogP contribution in [-0.2, 0) is 16.9 Å². The van der Waals surface area contributed by atoms with Crippen LogP contribution in [0, 0.1) is 17.1 Å². The Bertz CT molecular complexity index is 721. The van der Waals surface area contributed by atoms with Crippen molar-refractivity contribution in [1.29, 1.82) is 5.26 Å². The Hall–Kier alpha value is -2.22. The van der Waals surface area contributed by atoms with Crippen LogP contribution in [0.1, 0.15) is 35.1 Å². The van der Waals surface area contributed by atoms with Crippen molar-refractivity contribution in [3.8, 4) is 6.07 Å². The number of quaternary nitrogens is 1. The number of hydrogen-bond donors (Lipinski definition) is 1. The van der Waals surface area contributed by atoms with E-state index in [1.54, 1.807) is 12.1 Å². The molecule has 3 rings (SSSR count). The minimum atomic E-state index is -0.561. The fraction of sp³-hybridized carbons (Fsp3) is 0.278. The highest BCUT2D eigenvalue weighted by Gasteiger charge is 2.41. The van der Waals surface area contributed by atoms with E-state index in [-0.39, 0.29) is 5.82 Å². The Balaban J connectivity index is 2.10. The molecule has 1 aliphatic rings. The highest BCUT2D eigenvalue weighted by molar-refractivity contribution is 5.47. The zero-order chi connectivity index (χ0) is 15.6. The molecule has 0 saturated carbocycles. The minimum absolute atomic E-state index is 0.255. The van der Waals surface area contributed by atoms with Crippen LogP contribution >= 0.6 is 0 Å². The summed E-state index contributed by atoms with van der Waals surface area (Å²) in [5.74, 6) is -0.255. The maximum atomic E-state index is 13.3. The highest BCUT2D eigenvalue weighted by Crippen LogP contribution is 2.45. The summed E-state index contributed by atoms with van der Waals surface area (Å²) in [4.78, 5) is 0. The van der Waals surface area contributed by atoms with Crippen LogP contribution in [0.5, 0.6) is 0 Å². The summed E-state index contributed by atoms with van der Waals surface area (Å²) in [6, 6.07) is 14.3. The van der Waals surface area contributed by atoms with Gasteiger partial charge in [-0.2, -0.15) is 5.26 Å². The maximum absolute atomic E-state index is 13.3. The Morgan fingerprint density at radius 1 is 1.23 bits per heavy atom. The number of nitrogens with zero attached hydrogens (tertiary/aromatic N) is 1. The number of nitriles is 1. The molecule has 0 radical (unpaired) electrons. The Labute approximate surface area is 129 Å². The molecule has 22 heavy (non-hydrogen) atoms. The second kappa shape index (κ2) is 5.88. The summed E-state index contributed by atoms with van der Waals surface area (Å²) in [5.41, 5.74) is 7.04. The van der Waals surface area contributed by atoms with Crippen LogP contribution in [0.4, 0.5) is 4.39 Å². The first-order chi connectivity index (χ1) is 10.7. The van der Waals surface area contributed by atoms with E-state index in [1.165, 1.54) is 12.1 Å². The molecule has 1 heterocycles. The van der Waals surface area contributed by atoms with Crippen LogP contribution in [0.2, 0.25) is 0 Å². The van der Waals surface area contributed by atoms with Crippen molar-refractivity contribution in [2.75, 3.05) is 6.54 Å². The summed E-state index contributed by atoms with van der Waals surface area (Å²) in [6.45, 7) is 1.29. The number of halogens is 1. The second-order valence-corrected chi connectivity index (χ2v) is 5.56. The number of ether oxygens (including phenoxy) is 1. The van der Waals surface area contributed by atoms with Crippen molar-refractivity contribution in [3.63, 3.8) is 0 Å². The monoisotopic (exact) mass is 297 g/mol. The van der Waals surface area contributed by atoms with Gasteiger partial charge in [0.25, 0.3) is 0 Å². The Morgan fingerprint density at radius 2 is 2.00 bits per heavy atom. The molecule has 0 amide bonds. The number of fused-ring (bicyclic) bond motifs is 1. The molecule has 0 spiro atoms. The normalized spacial score (nSPS) is 19.7. The molecule has 3 nitrogen and oxygen atoms in total. The van der Waals surface area contributed by atoms with Gasteiger partial charge >= 0.3 is 0 Å². The van der Waals surface area contributed by atoms with E-state index in [0.717, 1.165) is 36.1 Å². The summed E-state index contributed by atoms with van der Waals surface area (Å²) in [6.07, 6.45) is 1.71. The van der Waals surface area contributed by atoms with Gasteiger partial charge in [-0.3, -0.25) is 0 Å². The van der Waals surface area contributed by atoms with Crippen molar-refractivity contribution < 1.29 is 14.9 Å². The molecule has 0 bridgehead atoms. The lowest BCUT2D eigenvalue weighted by Crippen LogP contribution is -2.50. The van der Waals surface area contributed by atoms with Gasteiger partial charge in [0.2, 0.25) is 0 Å². The second-order valence-electron chi connectivity index (χ2n) is 5.56. The number of rotatable bonds is 4. The third kappa shape index (κ3) is 2.39. The third-order valence-corrected chi connectivity index (χ3v) is 4.23. The average Bonchev–Trinajstić information content (AvgIpc) is 2.92. The van der Waals surface area contributed by atoms with E-state index in [2.05, 4.69) is 11.8 Å². The van der Waals surface area contributed by atoms with Gasteiger partial charge in [-0.25, -0.2) is 4.39 Å². The lowest BCUT2D eigenvalue weighted by molar-refractivity contribution is -0.369. The molecule has 3 N–H and O–H groups in total. The van der Waals surface area contributed by atoms with Crippen molar-refractivity contribution >= 4 is 0 Å². The summed E-state index contributed by atoms with van der Waals surface area (Å²) in [5, 5.41) is 9.05. The number of benzene rings is 2. The van der Waals surface area contributed by atoms with Crippen LogP contribution in [0.15, 0.2) is 42.5 Å². The first kappa shape index (κ1) is 14.7. The van der Waals surface area contributed by atoms with E-state index in [1.807, 2.05) is 18.2 Å². The maximum Gasteiger partial charge on any atom is 0.123 e. The van der Waals surface area contributed by atoms with Crippen LogP contribution in [-0.4, -0.2) is 6.54 Å². The summed E-state index contributed by atoms with van der Waals surface area (Å²) in [7, 11) is 0. The highest BCUT2D eigenvalue weighted by atomic mass is 19.1. The zero-order valence-corrected chi connectivity index (χ0v) is 12.3. The van der Waals surface area contributed by atoms with Crippen molar-refractivity contribution in [2.24, 2.45) is 0 Å². The predicted octanol–water partition coefficient (Wildman–Crippen LogP) is 2.49. The van der Waals surface area contributed by atoms with Crippen molar-refractivity contribution in [1.82, 2.24) is 0 Å². The van der Waals surface area contributed by atoms with Crippen molar-refractivity contribution in [3.05, 3.63) is 70.5 Å². The molecule has 1 unspecified atom stereocenters. The molecule has 4 heteroatoms. The molecule has 0 aromatic heterocycles. The minimum Gasteiger partial charge on any atom is -0.361 e. The molecular weight excluding hydrogens is 279 g/mol. The lowest BCUT2D eigenvalue weighted by Gasteiger charge is -2.30. The Kier molecular flexibility index (Phi) is 3.93. The summed E-state index contributed by atoms with van der Waals surface area (Å²) < 4.78 is 19.4. The van der Waals surface area contributed by atoms with Gasteiger partial charge in [0.1, 0.15) is 11.4 Å². The van der Waals surface area contributed by atoms with Gasteiger partial charge in [-0.15, -0.1) is 0 Å². The topological polar surface area (TPSA) is 60.7 Å². The molecule has 0 saturated heterocycles. The third-order valence-electron chi connectivity index (χ3n) is 4.23. The van der Waals surface area contributed by atoms with E-state index < -0.39 is 5.60 Å². The van der Waals surface area contributed by atoms with Gasteiger partial charge in [-0.1, -0.05) is 18.2 Å². The Morgan fingerprint density at radius 3 is 2.68 bits per heavy atom. The largest absolute Gasteiger partial charge is 0.361 e. The molecule has 2 aromatic carbocycles. The molecule has 1 atom stereocenters. The van der Waals surface area contributed by atoms with Crippen LogP contribution in [0.3, 0.4) is 0 Å². The first-order valence-corrected chi connectivity index (χ1v) is 7.42. The molecule has 2 aromatic rings. The van der Waals surface area contributed by atoms with Gasteiger partial charge < -0.3 is 10.5 Å². The van der Waals surface area contributed by atoms with Gasteiger partial charge in [0.15, 0.2) is 0 Å². The standard InChI is InChI=1S/C18H17FN2O/c19-16-5-3-15(4-6-16)18(8-1-9-20)17-7-2-13(11-21)10-14(17)12-22-18/h2-7,10H,1,8-9,12,20H2/p+1. The van der Waals surface area contributed by atoms with Crippen LogP contribution in [0.25, 0.3) is 0 Å².